The molecule has 0 bridgehead atoms. The van der Waals surface area contributed by atoms with Gasteiger partial charge in [-0.2, -0.15) is 0 Å². The Morgan fingerprint density at radius 3 is 2.43 bits per heavy atom. The molecule has 2 rings (SSSR count). The maximum Gasteiger partial charge on any atom is 0.142 e. The van der Waals surface area contributed by atoms with E-state index >= 15 is 0 Å². The minimum Gasteiger partial charge on any atom is -0.496 e. The van der Waals surface area contributed by atoms with Crippen LogP contribution in [0.2, 0.25) is 10.0 Å². The molecular weight excluding hydrogens is 333 g/mol. The smallest absolute Gasteiger partial charge is 0.142 e. The van der Waals surface area contributed by atoms with E-state index in [0.717, 1.165) is 16.9 Å². The van der Waals surface area contributed by atoms with Gasteiger partial charge in [0.1, 0.15) is 11.5 Å². The van der Waals surface area contributed by atoms with Gasteiger partial charge >= 0.3 is 0 Å². The number of para-hydroxylation sites is 1. The van der Waals surface area contributed by atoms with E-state index in [1.165, 1.54) is 0 Å². The summed E-state index contributed by atoms with van der Waals surface area (Å²) in [7, 11) is 1.67. The van der Waals surface area contributed by atoms with Crippen LogP contribution in [-0.4, -0.2) is 13.2 Å². The number of ether oxygens (including phenoxy) is 2. The number of hydrogen-bond acceptors (Lipinski definition) is 3. The maximum absolute atomic E-state index is 6.27. The number of benzene rings is 2. The van der Waals surface area contributed by atoms with Crippen LogP contribution >= 0.6 is 23.2 Å². The van der Waals surface area contributed by atoms with E-state index < -0.39 is 0 Å². The molecule has 0 amide bonds. The lowest BCUT2D eigenvalue weighted by Gasteiger charge is -2.17. The van der Waals surface area contributed by atoms with Crippen molar-refractivity contribution in [2.45, 2.75) is 33.0 Å². The summed E-state index contributed by atoms with van der Waals surface area (Å²) in [6, 6.07) is 11.5. The largest absolute Gasteiger partial charge is 0.496 e. The number of halogens is 2. The Labute approximate surface area is 147 Å². The molecule has 124 valence electrons. The summed E-state index contributed by atoms with van der Waals surface area (Å²) in [5.41, 5.74) is 2.03. The molecule has 0 fully saturated rings. The first-order valence-electron chi connectivity index (χ1n) is 7.48. The zero-order chi connectivity index (χ0) is 16.8. The quantitative estimate of drug-likeness (QED) is 0.752. The highest BCUT2D eigenvalue weighted by Crippen LogP contribution is 2.33. The predicted octanol–water partition coefficient (Wildman–Crippen LogP) is 5.08. The molecule has 2 aromatic carbocycles. The van der Waals surface area contributed by atoms with Gasteiger partial charge in [-0.15, -0.1) is 0 Å². The monoisotopic (exact) mass is 353 g/mol. The fraction of sp³-hybridized carbons (Fsp3) is 0.333. The van der Waals surface area contributed by atoms with E-state index in [0.29, 0.717) is 28.9 Å². The second-order valence-electron chi connectivity index (χ2n) is 5.46. The van der Waals surface area contributed by atoms with Crippen molar-refractivity contribution in [1.82, 2.24) is 5.32 Å². The molecule has 0 heterocycles. The van der Waals surface area contributed by atoms with Crippen LogP contribution in [0.5, 0.6) is 11.5 Å². The van der Waals surface area contributed by atoms with Crippen molar-refractivity contribution in [3.05, 3.63) is 57.6 Å². The molecule has 2 aromatic rings. The summed E-state index contributed by atoms with van der Waals surface area (Å²) in [6.07, 6.45) is 0.0432. The van der Waals surface area contributed by atoms with E-state index in [-0.39, 0.29) is 6.10 Å². The Balaban J connectivity index is 2.10. The van der Waals surface area contributed by atoms with Gasteiger partial charge in [0.05, 0.1) is 18.2 Å². The normalized spacial score (nSPS) is 10.9. The Morgan fingerprint density at radius 1 is 1.04 bits per heavy atom. The zero-order valence-corrected chi connectivity index (χ0v) is 15.0. The standard InChI is InChI=1S/C18H21Cl2NO2/c1-12(2)23-18-14(8-15(19)9-16(18)20)11-21-10-13-6-4-5-7-17(13)22-3/h4-9,12,21H,10-11H2,1-3H3. The van der Waals surface area contributed by atoms with E-state index in [9.17, 15) is 0 Å². The highest BCUT2D eigenvalue weighted by Gasteiger charge is 2.12. The average molecular weight is 354 g/mol. The molecule has 0 radical (unpaired) electrons. The molecule has 0 aliphatic carbocycles. The lowest BCUT2D eigenvalue weighted by Crippen LogP contribution is -2.16. The molecule has 0 unspecified atom stereocenters. The third-order valence-corrected chi connectivity index (χ3v) is 3.76. The highest BCUT2D eigenvalue weighted by molar-refractivity contribution is 6.35. The third-order valence-electron chi connectivity index (χ3n) is 3.26. The summed E-state index contributed by atoms with van der Waals surface area (Å²) >= 11 is 12.4. The fourth-order valence-corrected chi connectivity index (χ4v) is 2.87. The van der Waals surface area contributed by atoms with Crippen LogP contribution in [0.15, 0.2) is 36.4 Å². The molecule has 0 saturated heterocycles. The van der Waals surface area contributed by atoms with Crippen LogP contribution < -0.4 is 14.8 Å². The number of hydrogen-bond donors (Lipinski definition) is 1. The summed E-state index contributed by atoms with van der Waals surface area (Å²) in [5.74, 6) is 1.54. The van der Waals surface area contributed by atoms with Gasteiger partial charge in [0.25, 0.3) is 0 Å². The van der Waals surface area contributed by atoms with Crippen molar-refractivity contribution in [3.63, 3.8) is 0 Å². The van der Waals surface area contributed by atoms with E-state index in [2.05, 4.69) is 5.32 Å². The molecule has 0 aliphatic heterocycles. The number of methoxy groups -OCH3 is 1. The van der Waals surface area contributed by atoms with Crippen molar-refractivity contribution in [2.75, 3.05) is 7.11 Å². The van der Waals surface area contributed by atoms with Gasteiger partial charge in [0.2, 0.25) is 0 Å². The minimum absolute atomic E-state index is 0.0432. The van der Waals surface area contributed by atoms with Crippen molar-refractivity contribution in [3.8, 4) is 11.5 Å². The lowest BCUT2D eigenvalue weighted by atomic mass is 10.1. The summed E-state index contributed by atoms with van der Waals surface area (Å²) < 4.78 is 11.2. The molecule has 3 nitrogen and oxygen atoms in total. The fourth-order valence-electron chi connectivity index (χ4n) is 2.29. The van der Waals surface area contributed by atoms with Crippen LogP contribution in [0.4, 0.5) is 0 Å². The molecule has 0 spiro atoms. The summed E-state index contributed by atoms with van der Waals surface area (Å²) in [4.78, 5) is 0. The zero-order valence-electron chi connectivity index (χ0n) is 13.5. The Morgan fingerprint density at radius 2 is 1.74 bits per heavy atom. The topological polar surface area (TPSA) is 30.5 Å². The third kappa shape index (κ3) is 5.03. The molecule has 0 aliphatic rings. The van der Waals surface area contributed by atoms with Gasteiger partial charge < -0.3 is 14.8 Å². The molecule has 0 atom stereocenters. The van der Waals surface area contributed by atoms with Crippen LogP contribution in [0, 0.1) is 0 Å². The Bertz CT molecular complexity index is 659. The van der Waals surface area contributed by atoms with Crippen molar-refractivity contribution >= 4 is 23.2 Å². The van der Waals surface area contributed by atoms with Crippen LogP contribution in [0.1, 0.15) is 25.0 Å². The Hall–Kier alpha value is -1.42. The van der Waals surface area contributed by atoms with E-state index in [1.807, 2.05) is 44.2 Å². The number of rotatable bonds is 7. The molecule has 0 saturated carbocycles. The van der Waals surface area contributed by atoms with Gasteiger partial charge in [-0.1, -0.05) is 41.4 Å². The molecule has 1 N–H and O–H groups in total. The van der Waals surface area contributed by atoms with Crippen LogP contribution in [0.3, 0.4) is 0 Å². The average Bonchev–Trinajstić information content (AvgIpc) is 2.50. The van der Waals surface area contributed by atoms with E-state index in [4.69, 9.17) is 32.7 Å². The molecule has 0 aromatic heterocycles. The SMILES string of the molecule is COc1ccccc1CNCc1cc(Cl)cc(Cl)c1OC(C)C. The highest BCUT2D eigenvalue weighted by atomic mass is 35.5. The van der Waals surface area contributed by atoms with Gasteiger partial charge in [0.15, 0.2) is 0 Å². The minimum atomic E-state index is 0.0432. The lowest BCUT2D eigenvalue weighted by molar-refractivity contribution is 0.239. The second-order valence-corrected chi connectivity index (χ2v) is 6.30. The van der Waals surface area contributed by atoms with Crippen molar-refractivity contribution < 1.29 is 9.47 Å². The van der Waals surface area contributed by atoms with Gasteiger partial charge in [0, 0.05) is 29.2 Å². The van der Waals surface area contributed by atoms with E-state index in [1.54, 1.807) is 13.2 Å². The first-order chi connectivity index (χ1) is 11.0. The summed E-state index contributed by atoms with van der Waals surface area (Å²) in [6.45, 7) is 5.21. The first kappa shape index (κ1) is 17.9. The summed E-state index contributed by atoms with van der Waals surface area (Å²) in [5, 5.41) is 4.51. The predicted molar refractivity (Wildman–Crippen MR) is 95.8 cm³/mol. The van der Waals surface area contributed by atoms with Crippen molar-refractivity contribution in [2.24, 2.45) is 0 Å². The molecular formula is C18H21Cl2NO2. The first-order valence-corrected chi connectivity index (χ1v) is 8.24. The van der Waals surface area contributed by atoms with Crippen LogP contribution in [-0.2, 0) is 13.1 Å². The molecule has 23 heavy (non-hydrogen) atoms. The number of nitrogens with one attached hydrogen (secondary N) is 1. The van der Waals surface area contributed by atoms with Gasteiger partial charge in [-0.05, 0) is 32.0 Å². The van der Waals surface area contributed by atoms with Gasteiger partial charge in [-0.3, -0.25) is 0 Å². The Kier molecular flexibility index (Phi) is 6.58. The molecule has 5 heteroatoms. The van der Waals surface area contributed by atoms with Crippen molar-refractivity contribution in [1.29, 1.82) is 0 Å². The maximum atomic E-state index is 6.27. The van der Waals surface area contributed by atoms with Crippen LogP contribution in [0.25, 0.3) is 0 Å². The second kappa shape index (κ2) is 8.44. The van der Waals surface area contributed by atoms with Gasteiger partial charge in [-0.25, -0.2) is 0 Å².